The normalized spacial score (nSPS) is 12.3. The number of thiophene rings is 2. The Kier molecular flexibility index (Phi) is 4.57. The van der Waals surface area contributed by atoms with Gasteiger partial charge in [0.15, 0.2) is 0 Å². The lowest BCUT2D eigenvalue weighted by molar-refractivity contribution is 1.72. The molecular weight excluding hydrogens is 545 g/mol. The van der Waals surface area contributed by atoms with Crippen LogP contribution in [0.3, 0.4) is 0 Å². The molecule has 0 unspecified atom stereocenters. The first kappa shape index (κ1) is 22.9. The molecule has 0 aliphatic rings. The van der Waals surface area contributed by atoms with E-state index in [-0.39, 0.29) is 0 Å². The molecule has 0 amide bonds. The van der Waals surface area contributed by atoms with Crippen molar-refractivity contribution in [1.29, 1.82) is 0 Å². The molecule has 0 radical (unpaired) electrons. The maximum Gasteiger partial charge on any atom is 0.0434 e. The van der Waals surface area contributed by atoms with Gasteiger partial charge in [-0.3, -0.25) is 0 Å². The summed E-state index contributed by atoms with van der Waals surface area (Å²) in [6.07, 6.45) is 0. The van der Waals surface area contributed by atoms with Gasteiger partial charge in [-0.2, -0.15) is 0 Å². The highest BCUT2D eigenvalue weighted by Crippen LogP contribution is 2.47. The molecule has 2 heteroatoms. The third-order valence-electron chi connectivity index (χ3n) is 9.05. The third kappa shape index (κ3) is 3.01. The molecule has 10 aromatic rings. The number of hydrogen-bond acceptors (Lipinski definition) is 2. The lowest BCUT2D eigenvalue weighted by atomic mass is 9.87. The van der Waals surface area contributed by atoms with Gasteiger partial charge in [-0.25, -0.2) is 0 Å². The first-order valence-electron chi connectivity index (χ1n) is 14.4. The second-order valence-electron chi connectivity index (χ2n) is 11.2. The van der Waals surface area contributed by atoms with Crippen molar-refractivity contribution in [3.8, 4) is 22.3 Å². The lowest BCUT2D eigenvalue weighted by Crippen LogP contribution is -1.89. The lowest BCUT2D eigenvalue weighted by Gasteiger charge is -2.17. The first-order chi connectivity index (χ1) is 20.8. The van der Waals surface area contributed by atoms with Crippen LogP contribution in [0.2, 0.25) is 0 Å². The zero-order chi connectivity index (χ0) is 27.4. The zero-order valence-corrected chi connectivity index (χ0v) is 24.2. The highest BCUT2D eigenvalue weighted by Gasteiger charge is 2.18. The van der Waals surface area contributed by atoms with E-state index >= 15 is 0 Å². The van der Waals surface area contributed by atoms with Gasteiger partial charge in [-0.05, 0) is 55.6 Å². The summed E-state index contributed by atoms with van der Waals surface area (Å²) in [6, 6.07) is 49.8. The fraction of sp³-hybridized carbons (Fsp3) is 0. The van der Waals surface area contributed by atoms with Gasteiger partial charge in [0.2, 0.25) is 0 Å². The van der Waals surface area contributed by atoms with E-state index in [1.165, 1.54) is 94.9 Å². The minimum absolute atomic E-state index is 1.30. The summed E-state index contributed by atoms with van der Waals surface area (Å²) in [4.78, 5) is 0. The van der Waals surface area contributed by atoms with Crippen LogP contribution >= 0.6 is 22.7 Å². The number of benzene rings is 8. The van der Waals surface area contributed by atoms with E-state index in [2.05, 4.69) is 133 Å². The van der Waals surface area contributed by atoms with Crippen molar-refractivity contribution in [1.82, 2.24) is 0 Å². The Hall–Kier alpha value is -4.76. The molecule has 0 aliphatic carbocycles. The van der Waals surface area contributed by atoms with Gasteiger partial charge in [-0.15, -0.1) is 22.7 Å². The minimum Gasteiger partial charge on any atom is -0.135 e. The highest BCUT2D eigenvalue weighted by atomic mass is 32.1. The number of hydrogen-bond donors (Lipinski definition) is 0. The molecule has 42 heavy (non-hydrogen) atoms. The Morgan fingerprint density at radius 2 is 0.714 bits per heavy atom. The van der Waals surface area contributed by atoms with Gasteiger partial charge in [-0.1, -0.05) is 121 Å². The van der Waals surface area contributed by atoms with Crippen molar-refractivity contribution < 1.29 is 0 Å². The van der Waals surface area contributed by atoms with Crippen molar-refractivity contribution in [3.05, 3.63) is 133 Å². The van der Waals surface area contributed by atoms with Crippen LogP contribution < -0.4 is 0 Å². The largest absolute Gasteiger partial charge is 0.135 e. The van der Waals surface area contributed by atoms with Crippen molar-refractivity contribution in [2.45, 2.75) is 0 Å². The maximum absolute atomic E-state index is 2.35. The average Bonchev–Trinajstić information content (AvgIpc) is 3.62. The fourth-order valence-corrected chi connectivity index (χ4v) is 9.65. The van der Waals surface area contributed by atoms with Crippen LogP contribution in [0.1, 0.15) is 0 Å². The van der Waals surface area contributed by atoms with E-state index in [0.29, 0.717) is 0 Å². The molecule has 194 valence electrons. The van der Waals surface area contributed by atoms with Crippen LogP contribution in [0.4, 0.5) is 0 Å². The van der Waals surface area contributed by atoms with Crippen LogP contribution in [-0.2, 0) is 0 Å². The summed E-state index contributed by atoms with van der Waals surface area (Å²) in [5.74, 6) is 0. The Balaban J connectivity index is 1.29. The van der Waals surface area contributed by atoms with E-state index in [0.717, 1.165) is 0 Å². The highest BCUT2D eigenvalue weighted by molar-refractivity contribution is 7.26. The van der Waals surface area contributed by atoms with Crippen molar-refractivity contribution in [2.75, 3.05) is 0 Å². The fourth-order valence-electron chi connectivity index (χ4n) is 7.19. The third-order valence-corrected chi connectivity index (χ3v) is 11.5. The number of fused-ring (bicyclic) bond motifs is 6. The monoisotopic (exact) mass is 566 g/mol. The molecule has 0 N–H and O–H groups in total. The van der Waals surface area contributed by atoms with Crippen LogP contribution in [0, 0.1) is 0 Å². The predicted octanol–water partition coefficient (Wildman–Crippen LogP) is 12.7. The summed E-state index contributed by atoms with van der Waals surface area (Å²) in [5.41, 5.74) is 5.26. The average molecular weight is 567 g/mol. The molecule has 0 saturated heterocycles. The van der Waals surface area contributed by atoms with Crippen molar-refractivity contribution in [3.63, 3.8) is 0 Å². The van der Waals surface area contributed by atoms with E-state index in [9.17, 15) is 0 Å². The molecule has 2 aromatic heterocycles. The Morgan fingerprint density at radius 1 is 0.286 bits per heavy atom. The van der Waals surface area contributed by atoms with E-state index < -0.39 is 0 Å². The van der Waals surface area contributed by atoms with Gasteiger partial charge in [0, 0.05) is 51.5 Å². The van der Waals surface area contributed by atoms with Crippen LogP contribution in [0.5, 0.6) is 0 Å². The molecule has 10 rings (SSSR count). The minimum atomic E-state index is 1.30. The first-order valence-corrected chi connectivity index (χ1v) is 16.0. The number of rotatable bonds is 2. The van der Waals surface area contributed by atoms with Gasteiger partial charge < -0.3 is 0 Å². The molecule has 0 bridgehead atoms. The van der Waals surface area contributed by atoms with Gasteiger partial charge in [0.05, 0.1) is 0 Å². The van der Waals surface area contributed by atoms with E-state index in [1.54, 1.807) is 0 Å². The van der Waals surface area contributed by atoms with Gasteiger partial charge in [0.1, 0.15) is 0 Å². The van der Waals surface area contributed by atoms with Crippen LogP contribution in [-0.4, -0.2) is 0 Å². The SMILES string of the molecule is c1ccc2c(c1)sc1c(-c3ccc4ccc5c(-c6cccc7c6sc6ccccc67)ccc6ccc3c4c65)cccc12. The standard InChI is InChI=1S/C40H22S2/c1-3-13-35-27(7-1)33-11-5-9-31(39(33)41-35)25-19-15-23-18-22-30-26(20-16-24-17-21-29(25)37(23)38(24)30)32-10-6-12-34-28-8-2-4-14-36(28)42-40(32)34/h1-22H. The quantitative estimate of drug-likeness (QED) is 0.183. The summed E-state index contributed by atoms with van der Waals surface area (Å²) in [7, 11) is 0. The summed E-state index contributed by atoms with van der Waals surface area (Å²) in [5, 5.41) is 13.4. The molecular formula is C40H22S2. The Labute approximate surface area is 250 Å². The Morgan fingerprint density at radius 3 is 1.21 bits per heavy atom. The molecule has 0 aliphatic heterocycles. The molecule has 0 saturated carbocycles. The predicted molar refractivity (Wildman–Crippen MR) is 187 cm³/mol. The second kappa shape index (κ2) is 8.39. The van der Waals surface area contributed by atoms with Crippen molar-refractivity contribution in [2.24, 2.45) is 0 Å². The molecule has 0 nitrogen and oxygen atoms in total. The second-order valence-corrected chi connectivity index (χ2v) is 13.3. The summed E-state index contributed by atoms with van der Waals surface area (Å²) < 4.78 is 5.42. The van der Waals surface area contributed by atoms with Crippen LogP contribution in [0.15, 0.2) is 133 Å². The Bertz CT molecular complexity index is 2500. The van der Waals surface area contributed by atoms with E-state index in [1.807, 2.05) is 22.7 Å². The molecule has 0 spiro atoms. The molecule has 0 atom stereocenters. The van der Waals surface area contributed by atoms with Gasteiger partial charge in [0.25, 0.3) is 0 Å². The summed E-state index contributed by atoms with van der Waals surface area (Å²) in [6.45, 7) is 0. The van der Waals surface area contributed by atoms with Gasteiger partial charge >= 0.3 is 0 Å². The zero-order valence-electron chi connectivity index (χ0n) is 22.5. The smallest absolute Gasteiger partial charge is 0.0434 e. The molecule has 8 aromatic carbocycles. The molecule has 0 fully saturated rings. The maximum atomic E-state index is 2.35. The molecule has 2 heterocycles. The van der Waals surface area contributed by atoms with E-state index in [4.69, 9.17) is 0 Å². The van der Waals surface area contributed by atoms with Crippen molar-refractivity contribution >= 4 is 95.3 Å². The summed E-state index contributed by atoms with van der Waals surface area (Å²) >= 11 is 3.81. The van der Waals surface area contributed by atoms with Crippen LogP contribution in [0.25, 0.3) is 94.9 Å². The topological polar surface area (TPSA) is 0 Å².